The summed E-state index contributed by atoms with van der Waals surface area (Å²) in [5.41, 5.74) is -0.397. The van der Waals surface area contributed by atoms with Gasteiger partial charge in [0.2, 0.25) is 5.91 Å². The molecule has 0 aliphatic carbocycles. The lowest BCUT2D eigenvalue weighted by Gasteiger charge is -2.14. The first kappa shape index (κ1) is 21.6. The number of rotatable bonds is 6. The summed E-state index contributed by atoms with van der Waals surface area (Å²) in [6.45, 7) is 1.13. The number of benzene rings is 2. The Hall–Kier alpha value is -2.65. The highest BCUT2D eigenvalue weighted by atomic mass is 32.2. The highest BCUT2D eigenvalue weighted by Gasteiger charge is 2.34. The van der Waals surface area contributed by atoms with Gasteiger partial charge in [-0.15, -0.1) is 0 Å². The number of thioether (sulfide) groups is 1. The average molecular weight is 447 g/mol. The van der Waals surface area contributed by atoms with E-state index in [0.29, 0.717) is 23.7 Å². The monoisotopic (exact) mass is 447 g/mol. The summed E-state index contributed by atoms with van der Waals surface area (Å²) in [6, 6.07) is 12.7. The van der Waals surface area contributed by atoms with E-state index in [1.807, 2.05) is 0 Å². The molecule has 1 fully saturated rings. The minimum atomic E-state index is -4.55. The van der Waals surface area contributed by atoms with Gasteiger partial charge in [0.25, 0.3) is 0 Å². The zero-order chi connectivity index (χ0) is 21.8. The van der Waals surface area contributed by atoms with Crippen molar-refractivity contribution in [2.45, 2.75) is 30.1 Å². The molecule has 1 unspecified atom stereocenters. The maximum atomic E-state index is 13.6. The molecule has 1 aliphatic rings. The van der Waals surface area contributed by atoms with Crippen molar-refractivity contribution in [3.8, 4) is 11.4 Å². The van der Waals surface area contributed by atoms with E-state index in [1.54, 1.807) is 36.4 Å². The van der Waals surface area contributed by atoms with Crippen LogP contribution < -0.4 is 5.32 Å². The van der Waals surface area contributed by atoms with Crippen molar-refractivity contribution < 1.29 is 22.7 Å². The molecule has 2 aromatic carbocycles. The van der Waals surface area contributed by atoms with E-state index in [1.165, 1.54) is 6.07 Å². The Kier molecular flexibility index (Phi) is 6.43. The second-order valence-electron chi connectivity index (χ2n) is 7.15. The standard InChI is InChI=1S/C22H20F3N3O2S/c23-22(24,25)17-10-4-9-16-19(17)27-20(14-6-2-1-3-7-14)28-21(16)31-13-18(29)26-12-15-8-5-11-30-15/h1-4,6-7,9-10,15H,5,8,11-13H2,(H,26,29). The van der Waals surface area contributed by atoms with Crippen molar-refractivity contribution >= 4 is 28.6 Å². The molecule has 0 saturated carbocycles. The van der Waals surface area contributed by atoms with Crippen LogP contribution in [0, 0.1) is 0 Å². The predicted octanol–water partition coefficient (Wildman–Crippen LogP) is 4.70. The van der Waals surface area contributed by atoms with Gasteiger partial charge in [-0.05, 0) is 18.9 Å². The zero-order valence-electron chi connectivity index (χ0n) is 16.5. The highest BCUT2D eigenvalue weighted by Crippen LogP contribution is 2.37. The summed E-state index contributed by atoms with van der Waals surface area (Å²) in [4.78, 5) is 21.0. The van der Waals surface area contributed by atoms with Crippen LogP contribution in [-0.2, 0) is 15.7 Å². The Balaban J connectivity index is 1.63. The fraction of sp³-hybridized carbons (Fsp3) is 0.318. The highest BCUT2D eigenvalue weighted by molar-refractivity contribution is 8.00. The number of amides is 1. The summed E-state index contributed by atoms with van der Waals surface area (Å²) in [5, 5.41) is 3.42. The van der Waals surface area contributed by atoms with Gasteiger partial charge in [-0.25, -0.2) is 9.97 Å². The van der Waals surface area contributed by atoms with Crippen LogP contribution >= 0.6 is 11.8 Å². The van der Waals surface area contributed by atoms with Crippen molar-refractivity contribution in [1.82, 2.24) is 15.3 Å². The van der Waals surface area contributed by atoms with Crippen LogP contribution in [0.25, 0.3) is 22.3 Å². The number of halogens is 3. The van der Waals surface area contributed by atoms with Gasteiger partial charge < -0.3 is 10.1 Å². The Morgan fingerprint density at radius 2 is 1.94 bits per heavy atom. The smallest absolute Gasteiger partial charge is 0.376 e. The fourth-order valence-corrected chi connectivity index (χ4v) is 4.24. The molecule has 1 amide bonds. The SMILES string of the molecule is O=C(CSc1nc(-c2ccccc2)nc2c(C(F)(F)F)cccc12)NCC1CCCO1. The van der Waals surface area contributed by atoms with Gasteiger partial charge in [0.15, 0.2) is 5.82 Å². The van der Waals surface area contributed by atoms with Gasteiger partial charge in [-0.2, -0.15) is 13.2 Å². The van der Waals surface area contributed by atoms with Gasteiger partial charge in [-0.3, -0.25) is 4.79 Å². The summed E-state index contributed by atoms with van der Waals surface area (Å²) >= 11 is 1.10. The number of nitrogens with one attached hydrogen (secondary N) is 1. The fourth-order valence-electron chi connectivity index (χ4n) is 3.40. The quantitative estimate of drug-likeness (QED) is 0.438. The molecule has 0 bridgehead atoms. The Labute approximate surface area is 181 Å². The number of carbonyl (C=O) groups excluding carboxylic acids is 1. The molecule has 0 spiro atoms. The lowest BCUT2D eigenvalue weighted by molar-refractivity contribution is -0.136. The first-order valence-corrected chi connectivity index (χ1v) is 10.8. The molecule has 5 nitrogen and oxygen atoms in total. The normalized spacial score (nSPS) is 16.5. The van der Waals surface area contributed by atoms with Gasteiger partial charge >= 0.3 is 6.18 Å². The van der Waals surface area contributed by atoms with Crippen LogP contribution in [0.15, 0.2) is 53.6 Å². The number of aromatic nitrogens is 2. The number of alkyl halides is 3. The third-order valence-electron chi connectivity index (χ3n) is 4.92. The van der Waals surface area contributed by atoms with Crippen LogP contribution in [-0.4, -0.2) is 40.9 Å². The van der Waals surface area contributed by atoms with Gasteiger partial charge in [0.05, 0.1) is 22.9 Å². The van der Waals surface area contributed by atoms with Crippen LogP contribution in [0.3, 0.4) is 0 Å². The summed E-state index contributed by atoms with van der Waals surface area (Å²) in [5.74, 6) is -0.00360. The second-order valence-corrected chi connectivity index (χ2v) is 8.11. The summed E-state index contributed by atoms with van der Waals surface area (Å²) in [6.07, 6.45) is -2.65. The Bertz CT molecular complexity index is 1070. The maximum Gasteiger partial charge on any atom is 0.418 e. The topological polar surface area (TPSA) is 64.1 Å². The van der Waals surface area contributed by atoms with E-state index < -0.39 is 11.7 Å². The van der Waals surface area contributed by atoms with Gasteiger partial charge in [0, 0.05) is 24.1 Å². The molecular weight excluding hydrogens is 427 g/mol. The first-order valence-electron chi connectivity index (χ1n) is 9.86. The van der Waals surface area contributed by atoms with Gasteiger partial charge in [0.1, 0.15) is 5.03 Å². The number of ether oxygens (including phenoxy) is 1. The van der Waals surface area contributed by atoms with E-state index in [2.05, 4.69) is 15.3 Å². The van der Waals surface area contributed by atoms with Crippen molar-refractivity contribution in [1.29, 1.82) is 0 Å². The molecule has 1 aromatic heterocycles. The summed E-state index contributed by atoms with van der Waals surface area (Å²) in [7, 11) is 0. The third-order valence-corrected chi connectivity index (χ3v) is 5.91. The number of fused-ring (bicyclic) bond motifs is 1. The van der Waals surface area contributed by atoms with Crippen molar-refractivity contribution in [2.24, 2.45) is 0 Å². The predicted molar refractivity (Wildman–Crippen MR) is 113 cm³/mol. The van der Waals surface area contributed by atoms with Crippen molar-refractivity contribution in [3.63, 3.8) is 0 Å². The lowest BCUT2D eigenvalue weighted by Crippen LogP contribution is -2.32. The molecule has 4 rings (SSSR count). The zero-order valence-corrected chi connectivity index (χ0v) is 17.3. The molecule has 1 saturated heterocycles. The molecule has 31 heavy (non-hydrogen) atoms. The number of nitrogens with zero attached hydrogens (tertiary/aromatic N) is 2. The van der Waals surface area contributed by atoms with Crippen LogP contribution in [0.5, 0.6) is 0 Å². The molecule has 0 radical (unpaired) electrons. The molecule has 1 atom stereocenters. The minimum absolute atomic E-state index is 0.0212. The van der Waals surface area contributed by atoms with Crippen LogP contribution in [0.1, 0.15) is 18.4 Å². The Morgan fingerprint density at radius 3 is 2.65 bits per heavy atom. The summed E-state index contributed by atoms with van der Waals surface area (Å²) < 4.78 is 46.3. The molecule has 3 aromatic rings. The molecule has 1 aliphatic heterocycles. The second kappa shape index (κ2) is 9.23. The van der Waals surface area contributed by atoms with E-state index in [9.17, 15) is 18.0 Å². The molecule has 9 heteroatoms. The number of carbonyl (C=O) groups is 1. The van der Waals surface area contributed by atoms with E-state index in [0.717, 1.165) is 30.7 Å². The molecular formula is C22H20F3N3O2S. The third kappa shape index (κ3) is 5.16. The maximum absolute atomic E-state index is 13.6. The van der Waals surface area contributed by atoms with Crippen LogP contribution in [0.2, 0.25) is 0 Å². The lowest BCUT2D eigenvalue weighted by atomic mass is 10.1. The molecule has 2 heterocycles. The largest absolute Gasteiger partial charge is 0.418 e. The Morgan fingerprint density at radius 1 is 1.13 bits per heavy atom. The molecule has 162 valence electrons. The van der Waals surface area contributed by atoms with Crippen molar-refractivity contribution in [2.75, 3.05) is 18.9 Å². The number of para-hydroxylation sites is 1. The van der Waals surface area contributed by atoms with Gasteiger partial charge in [-0.1, -0.05) is 54.2 Å². The molecule has 1 N–H and O–H groups in total. The first-order chi connectivity index (χ1) is 14.9. The number of hydrogen-bond donors (Lipinski definition) is 1. The number of hydrogen-bond acceptors (Lipinski definition) is 5. The van der Waals surface area contributed by atoms with Crippen LogP contribution in [0.4, 0.5) is 13.2 Å². The van der Waals surface area contributed by atoms with E-state index in [-0.39, 0.29) is 34.5 Å². The van der Waals surface area contributed by atoms with E-state index in [4.69, 9.17) is 4.74 Å². The van der Waals surface area contributed by atoms with E-state index >= 15 is 0 Å². The van der Waals surface area contributed by atoms with Crippen molar-refractivity contribution in [3.05, 3.63) is 54.1 Å². The minimum Gasteiger partial charge on any atom is -0.376 e. The average Bonchev–Trinajstić information content (AvgIpc) is 3.29.